The number of nitrogens with one attached hydrogen (secondary N) is 1. The van der Waals surface area contributed by atoms with Crippen LogP contribution in [0.4, 0.5) is 0 Å². The van der Waals surface area contributed by atoms with Crippen LogP contribution in [0.15, 0.2) is 24.3 Å². The van der Waals surface area contributed by atoms with E-state index in [0.717, 1.165) is 51.0 Å². The Hall–Kier alpha value is -1.51. The van der Waals surface area contributed by atoms with Gasteiger partial charge in [0.15, 0.2) is 0 Å². The molecule has 0 saturated carbocycles. The van der Waals surface area contributed by atoms with Gasteiger partial charge in [0, 0.05) is 12.5 Å². The van der Waals surface area contributed by atoms with Gasteiger partial charge < -0.3 is 10.1 Å². The van der Waals surface area contributed by atoms with Gasteiger partial charge in [0.25, 0.3) is 0 Å². The maximum absolute atomic E-state index is 12.1. The van der Waals surface area contributed by atoms with Gasteiger partial charge in [0.2, 0.25) is 5.91 Å². The van der Waals surface area contributed by atoms with Crippen LogP contribution in [0.5, 0.6) is 5.75 Å². The van der Waals surface area contributed by atoms with Gasteiger partial charge in [-0.25, -0.2) is 0 Å². The van der Waals surface area contributed by atoms with Crippen LogP contribution in [0.3, 0.4) is 0 Å². The lowest BCUT2D eigenvalue weighted by molar-refractivity contribution is -0.125. The van der Waals surface area contributed by atoms with Crippen molar-refractivity contribution < 1.29 is 9.53 Å². The minimum absolute atomic E-state index is 0.179. The Morgan fingerprint density at radius 2 is 2.05 bits per heavy atom. The predicted octanol–water partition coefficient (Wildman–Crippen LogP) is 2.86. The van der Waals surface area contributed by atoms with Crippen LogP contribution in [0.1, 0.15) is 43.6 Å². The molecule has 3 nitrogen and oxygen atoms in total. The molecule has 1 saturated heterocycles. The van der Waals surface area contributed by atoms with Crippen molar-refractivity contribution in [3.8, 4) is 5.75 Å². The minimum Gasteiger partial charge on any atom is -0.493 e. The highest BCUT2D eigenvalue weighted by Crippen LogP contribution is 2.38. The van der Waals surface area contributed by atoms with Gasteiger partial charge in [0.05, 0.1) is 6.61 Å². The lowest BCUT2D eigenvalue weighted by Gasteiger charge is -2.28. The highest BCUT2D eigenvalue weighted by atomic mass is 16.5. The monoisotopic (exact) mass is 259 g/mol. The van der Waals surface area contributed by atoms with Crippen LogP contribution >= 0.6 is 0 Å². The molecule has 2 unspecified atom stereocenters. The van der Waals surface area contributed by atoms with E-state index in [1.54, 1.807) is 0 Å². The summed E-state index contributed by atoms with van der Waals surface area (Å²) in [7, 11) is 0. The van der Waals surface area contributed by atoms with E-state index in [-0.39, 0.29) is 11.8 Å². The van der Waals surface area contributed by atoms with Gasteiger partial charge in [-0.15, -0.1) is 0 Å². The van der Waals surface area contributed by atoms with Crippen molar-refractivity contribution in [1.29, 1.82) is 0 Å². The first-order valence-corrected chi connectivity index (χ1v) is 7.34. The Morgan fingerprint density at radius 3 is 3.00 bits per heavy atom. The van der Waals surface area contributed by atoms with Crippen LogP contribution in [0, 0.1) is 5.92 Å². The van der Waals surface area contributed by atoms with Gasteiger partial charge in [0.1, 0.15) is 5.75 Å². The number of carbonyl (C=O) groups excluding carboxylic acids is 1. The van der Waals surface area contributed by atoms with Crippen LogP contribution in [0.25, 0.3) is 0 Å². The van der Waals surface area contributed by atoms with Crippen molar-refractivity contribution in [3.63, 3.8) is 0 Å². The standard InChI is InChI=1S/C16H21NO2/c18-16-13(5-3-4-9-17-16)11-12-8-10-19-15-7-2-1-6-14(12)15/h1-2,6-7,12-13H,3-5,8-11H2,(H,17,18). The van der Waals surface area contributed by atoms with Crippen LogP contribution < -0.4 is 10.1 Å². The Labute approximate surface area is 114 Å². The van der Waals surface area contributed by atoms with Crippen molar-refractivity contribution in [1.82, 2.24) is 5.32 Å². The maximum Gasteiger partial charge on any atom is 0.223 e. The average Bonchev–Trinajstić information content (AvgIpc) is 2.65. The number of hydrogen-bond acceptors (Lipinski definition) is 2. The maximum atomic E-state index is 12.1. The minimum atomic E-state index is 0.179. The second-order valence-electron chi connectivity index (χ2n) is 5.59. The van der Waals surface area contributed by atoms with Gasteiger partial charge in [-0.3, -0.25) is 4.79 Å². The first-order chi connectivity index (χ1) is 9.34. The molecule has 1 aromatic carbocycles. The summed E-state index contributed by atoms with van der Waals surface area (Å²) in [5, 5.41) is 3.04. The summed E-state index contributed by atoms with van der Waals surface area (Å²) >= 11 is 0. The van der Waals surface area contributed by atoms with E-state index in [1.165, 1.54) is 5.56 Å². The third-order valence-electron chi connectivity index (χ3n) is 4.30. The molecule has 3 rings (SSSR count). The summed E-state index contributed by atoms with van der Waals surface area (Å²) in [6.07, 6.45) is 5.30. The number of benzene rings is 1. The molecule has 0 spiro atoms. The lowest BCUT2D eigenvalue weighted by Crippen LogP contribution is -2.30. The molecule has 0 aromatic heterocycles. The van der Waals surface area contributed by atoms with Gasteiger partial charge >= 0.3 is 0 Å². The zero-order valence-corrected chi connectivity index (χ0v) is 11.2. The Morgan fingerprint density at radius 1 is 1.16 bits per heavy atom. The molecule has 1 amide bonds. The number of fused-ring (bicyclic) bond motifs is 1. The SMILES string of the molecule is O=C1NCCCCC1CC1CCOc2ccccc21. The summed E-state index contributed by atoms with van der Waals surface area (Å²) < 4.78 is 5.69. The number of amides is 1. The fourth-order valence-corrected chi connectivity index (χ4v) is 3.23. The summed E-state index contributed by atoms with van der Waals surface area (Å²) in [6.45, 7) is 1.62. The second kappa shape index (κ2) is 5.64. The first kappa shape index (κ1) is 12.5. The Bertz CT molecular complexity index is 458. The summed E-state index contributed by atoms with van der Waals surface area (Å²) in [6, 6.07) is 8.26. The fourth-order valence-electron chi connectivity index (χ4n) is 3.23. The molecular weight excluding hydrogens is 238 g/mol. The molecule has 1 N–H and O–H groups in total. The molecule has 0 radical (unpaired) electrons. The smallest absolute Gasteiger partial charge is 0.223 e. The molecule has 2 aliphatic rings. The number of para-hydroxylation sites is 1. The van der Waals surface area contributed by atoms with Gasteiger partial charge in [-0.2, -0.15) is 0 Å². The van der Waals surface area contributed by atoms with Crippen molar-refractivity contribution in [2.75, 3.05) is 13.2 Å². The van der Waals surface area contributed by atoms with E-state index in [2.05, 4.69) is 17.4 Å². The third-order valence-corrected chi connectivity index (χ3v) is 4.30. The van der Waals surface area contributed by atoms with Crippen molar-refractivity contribution in [3.05, 3.63) is 29.8 Å². The van der Waals surface area contributed by atoms with Crippen LogP contribution in [0.2, 0.25) is 0 Å². The molecule has 0 bridgehead atoms. The third kappa shape index (κ3) is 2.75. The number of ether oxygens (including phenoxy) is 1. The van der Waals surface area contributed by atoms with E-state index in [1.807, 2.05) is 12.1 Å². The van der Waals surface area contributed by atoms with E-state index in [9.17, 15) is 4.79 Å². The average molecular weight is 259 g/mol. The Kier molecular flexibility index (Phi) is 3.72. The molecule has 1 fully saturated rings. The van der Waals surface area contributed by atoms with E-state index in [4.69, 9.17) is 4.74 Å². The highest BCUT2D eigenvalue weighted by molar-refractivity contribution is 5.78. The van der Waals surface area contributed by atoms with Gasteiger partial charge in [-0.05, 0) is 43.2 Å². The summed E-state index contributed by atoms with van der Waals surface area (Å²) in [5.41, 5.74) is 1.28. The zero-order chi connectivity index (χ0) is 13.1. The molecule has 102 valence electrons. The van der Waals surface area contributed by atoms with Crippen molar-refractivity contribution in [2.45, 2.75) is 38.0 Å². The molecule has 1 aromatic rings. The molecule has 3 heteroatoms. The Balaban J connectivity index is 1.75. The lowest BCUT2D eigenvalue weighted by atomic mass is 9.83. The number of hydrogen-bond donors (Lipinski definition) is 1. The fraction of sp³-hybridized carbons (Fsp3) is 0.562. The van der Waals surface area contributed by atoms with Gasteiger partial charge in [-0.1, -0.05) is 24.6 Å². The predicted molar refractivity (Wildman–Crippen MR) is 74.3 cm³/mol. The highest BCUT2D eigenvalue weighted by Gasteiger charge is 2.28. The first-order valence-electron chi connectivity index (χ1n) is 7.34. The normalized spacial score (nSPS) is 26.8. The largest absolute Gasteiger partial charge is 0.493 e. The van der Waals surface area contributed by atoms with Crippen molar-refractivity contribution in [2.24, 2.45) is 5.92 Å². The number of rotatable bonds is 2. The molecule has 0 aliphatic carbocycles. The van der Waals surface area contributed by atoms with E-state index < -0.39 is 0 Å². The quantitative estimate of drug-likeness (QED) is 0.887. The molecule has 2 aliphatic heterocycles. The van der Waals surface area contributed by atoms with Crippen molar-refractivity contribution >= 4 is 5.91 Å². The summed E-state index contributed by atoms with van der Waals surface area (Å²) in [4.78, 5) is 12.1. The molecule has 2 atom stereocenters. The topological polar surface area (TPSA) is 38.3 Å². The molecule has 2 heterocycles. The molecule has 19 heavy (non-hydrogen) atoms. The molecular formula is C16H21NO2. The number of carbonyl (C=O) groups is 1. The van der Waals surface area contributed by atoms with E-state index >= 15 is 0 Å². The summed E-state index contributed by atoms with van der Waals surface area (Å²) in [5.74, 6) is 1.91. The zero-order valence-electron chi connectivity index (χ0n) is 11.2. The van der Waals surface area contributed by atoms with Crippen LogP contribution in [-0.2, 0) is 4.79 Å². The van der Waals surface area contributed by atoms with E-state index in [0.29, 0.717) is 5.92 Å². The second-order valence-corrected chi connectivity index (χ2v) is 5.59. The van der Waals surface area contributed by atoms with Crippen LogP contribution in [-0.4, -0.2) is 19.1 Å².